The number of hydrogen-bond donors (Lipinski definition) is 2. The number of nitrogens with one attached hydrogen (secondary N) is 1. The van der Waals surface area contributed by atoms with Crippen molar-refractivity contribution in [2.24, 2.45) is 0 Å². The van der Waals surface area contributed by atoms with E-state index in [0.717, 1.165) is 4.90 Å². The minimum atomic E-state index is -0.399. The van der Waals surface area contributed by atoms with Gasteiger partial charge in [0.25, 0.3) is 0 Å². The minimum absolute atomic E-state index is 0.118. The smallest absolute Gasteiger partial charge is 0.237 e. The van der Waals surface area contributed by atoms with E-state index in [1.54, 1.807) is 56.1 Å². The van der Waals surface area contributed by atoms with Crippen LogP contribution >= 0.6 is 11.8 Å². The standard InChI is InChI=1S/C23H25FN4O4S/c1-14-20(27-32-26-14)11-25-23(30)21-10-19(33-18-7-4-16(24)5-8-18)13-28(21)12-15-3-6-17(31-2)9-22(15)29/h3-9,19,21,29H,10-13H2,1-2H3,(H,25,30)/t19-,21+/m1/s1. The van der Waals surface area contributed by atoms with Crippen molar-refractivity contribution in [3.8, 4) is 11.5 Å². The number of nitrogens with zero attached hydrogens (tertiary/aromatic N) is 3. The van der Waals surface area contributed by atoms with Crippen molar-refractivity contribution in [3.63, 3.8) is 0 Å². The number of phenolic OH excluding ortho intramolecular Hbond substituents is 1. The van der Waals surface area contributed by atoms with Crippen LogP contribution < -0.4 is 10.1 Å². The number of rotatable bonds is 8. The van der Waals surface area contributed by atoms with Crippen LogP contribution in [-0.2, 0) is 17.9 Å². The number of amides is 1. The zero-order valence-corrected chi connectivity index (χ0v) is 19.1. The maximum atomic E-state index is 13.3. The lowest BCUT2D eigenvalue weighted by atomic mass is 10.1. The van der Waals surface area contributed by atoms with Crippen molar-refractivity contribution < 1.29 is 23.7 Å². The number of phenols is 1. The lowest BCUT2D eigenvalue weighted by molar-refractivity contribution is -0.125. The number of aromatic hydroxyl groups is 1. The average Bonchev–Trinajstić information content (AvgIpc) is 3.40. The Kier molecular flexibility index (Phi) is 7.14. The molecule has 1 aliphatic rings. The molecule has 0 unspecified atom stereocenters. The van der Waals surface area contributed by atoms with Gasteiger partial charge >= 0.3 is 0 Å². The van der Waals surface area contributed by atoms with Gasteiger partial charge in [0.1, 0.15) is 28.7 Å². The third kappa shape index (κ3) is 5.63. The van der Waals surface area contributed by atoms with Crippen LogP contribution in [0.4, 0.5) is 4.39 Å². The van der Waals surface area contributed by atoms with Crippen LogP contribution in [0, 0.1) is 12.7 Å². The molecule has 2 atom stereocenters. The summed E-state index contributed by atoms with van der Waals surface area (Å²) in [7, 11) is 1.54. The molecule has 0 radical (unpaired) electrons. The van der Waals surface area contributed by atoms with E-state index in [-0.39, 0.29) is 29.3 Å². The van der Waals surface area contributed by atoms with Gasteiger partial charge in [-0.05, 0) is 43.7 Å². The molecule has 174 valence electrons. The first-order valence-corrected chi connectivity index (χ1v) is 11.4. The molecule has 2 heterocycles. The van der Waals surface area contributed by atoms with Crippen molar-refractivity contribution >= 4 is 17.7 Å². The zero-order chi connectivity index (χ0) is 23.4. The van der Waals surface area contributed by atoms with Crippen LogP contribution in [-0.4, -0.2) is 51.2 Å². The minimum Gasteiger partial charge on any atom is -0.507 e. The topological polar surface area (TPSA) is 101 Å². The van der Waals surface area contributed by atoms with Gasteiger partial charge in [0.2, 0.25) is 5.91 Å². The summed E-state index contributed by atoms with van der Waals surface area (Å²) in [5.74, 6) is 0.269. The van der Waals surface area contributed by atoms with E-state index in [9.17, 15) is 14.3 Å². The molecule has 33 heavy (non-hydrogen) atoms. The number of ether oxygens (including phenoxy) is 1. The summed E-state index contributed by atoms with van der Waals surface area (Å²) in [6.07, 6.45) is 0.612. The highest BCUT2D eigenvalue weighted by atomic mass is 32.2. The SMILES string of the molecule is COc1ccc(CN2C[C@H](Sc3ccc(F)cc3)C[C@H]2C(=O)NCc2nonc2C)c(O)c1. The number of benzene rings is 2. The van der Waals surface area contributed by atoms with Gasteiger partial charge in [0, 0.05) is 34.9 Å². The van der Waals surface area contributed by atoms with Crippen LogP contribution in [0.1, 0.15) is 23.4 Å². The fourth-order valence-corrected chi connectivity index (χ4v) is 5.04. The summed E-state index contributed by atoms with van der Waals surface area (Å²) in [6.45, 7) is 3.03. The van der Waals surface area contributed by atoms with E-state index in [1.165, 1.54) is 12.1 Å². The molecule has 4 rings (SSSR count). The second-order valence-electron chi connectivity index (χ2n) is 7.88. The zero-order valence-electron chi connectivity index (χ0n) is 18.3. The number of aryl methyl sites for hydroxylation is 1. The third-order valence-corrected chi connectivity index (χ3v) is 6.85. The molecule has 0 saturated carbocycles. The Balaban J connectivity index is 1.49. The van der Waals surface area contributed by atoms with Gasteiger partial charge in [0.15, 0.2) is 0 Å². The largest absolute Gasteiger partial charge is 0.507 e. The predicted octanol–water partition coefficient (Wildman–Crippen LogP) is 3.28. The second-order valence-corrected chi connectivity index (χ2v) is 9.26. The Labute approximate surface area is 195 Å². The molecule has 1 aliphatic heterocycles. The van der Waals surface area contributed by atoms with Gasteiger partial charge in [-0.15, -0.1) is 11.8 Å². The second kappa shape index (κ2) is 10.2. The number of carbonyl (C=O) groups excluding carboxylic acids is 1. The molecular formula is C23H25FN4O4S. The first kappa shape index (κ1) is 23.1. The molecule has 10 heteroatoms. The number of aromatic nitrogens is 2. The molecule has 1 fully saturated rings. The molecule has 1 aromatic heterocycles. The van der Waals surface area contributed by atoms with Gasteiger partial charge in [-0.2, -0.15) is 0 Å². The predicted molar refractivity (Wildman–Crippen MR) is 120 cm³/mol. The molecule has 0 aliphatic carbocycles. The summed E-state index contributed by atoms with van der Waals surface area (Å²) in [6, 6.07) is 11.1. The summed E-state index contributed by atoms with van der Waals surface area (Å²) in [4.78, 5) is 16.1. The summed E-state index contributed by atoms with van der Waals surface area (Å²) in [5, 5.41) is 21.0. The Morgan fingerprint density at radius 3 is 2.76 bits per heavy atom. The lowest BCUT2D eigenvalue weighted by Gasteiger charge is -2.24. The molecule has 2 aromatic carbocycles. The number of methoxy groups -OCH3 is 1. The Morgan fingerprint density at radius 2 is 2.09 bits per heavy atom. The van der Waals surface area contributed by atoms with Gasteiger partial charge in [-0.25, -0.2) is 9.02 Å². The average molecular weight is 473 g/mol. The Morgan fingerprint density at radius 1 is 1.30 bits per heavy atom. The van der Waals surface area contributed by atoms with Crippen molar-refractivity contribution in [1.29, 1.82) is 0 Å². The summed E-state index contributed by atoms with van der Waals surface area (Å²) < 4.78 is 23.1. The first-order chi connectivity index (χ1) is 15.9. The number of thioether (sulfide) groups is 1. The van der Waals surface area contributed by atoms with Crippen molar-refractivity contribution in [2.45, 2.75) is 42.6 Å². The monoisotopic (exact) mass is 472 g/mol. The summed E-state index contributed by atoms with van der Waals surface area (Å²) in [5.41, 5.74) is 1.92. The van der Waals surface area contributed by atoms with E-state index in [0.29, 0.717) is 42.2 Å². The van der Waals surface area contributed by atoms with E-state index in [1.807, 2.05) is 4.90 Å². The number of hydrogen-bond acceptors (Lipinski definition) is 8. The third-order valence-electron chi connectivity index (χ3n) is 5.63. The molecular weight excluding hydrogens is 447 g/mol. The number of halogens is 1. The van der Waals surface area contributed by atoms with Gasteiger partial charge in [-0.3, -0.25) is 9.69 Å². The highest BCUT2D eigenvalue weighted by molar-refractivity contribution is 8.00. The van der Waals surface area contributed by atoms with Crippen LogP contribution in [0.3, 0.4) is 0 Å². The molecule has 1 saturated heterocycles. The van der Waals surface area contributed by atoms with E-state index >= 15 is 0 Å². The van der Waals surface area contributed by atoms with Crippen LogP contribution in [0.25, 0.3) is 0 Å². The highest BCUT2D eigenvalue weighted by Crippen LogP contribution is 2.35. The molecule has 3 aromatic rings. The summed E-state index contributed by atoms with van der Waals surface area (Å²) >= 11 is 1.62. The fraction of sp³-hybridized carbons (Fsp3) is 0.348. The normalized spacial score (nSPS) is 18.4. The maximum Gasteiger partial charge on any atom is 0.237 e. The molecule has 8 nitrogen and oxygen atoms in total. The molecule has 0 spiro atoms. The first-order valence-electron chi connectivity index (χ1n) is 10.5. The lowest BCUT2D eigenvalue weighted by Crippen LogP contribution is -2.42. The van der Waals surface area contributed by atoms with Crippen LogP contribution in [0.2, 0.25) is 0 Å². The Bertz CT molecular complexity index is 1110. The number of likely N-dealkylation sites (tertiary alicyclic amines) is 1. The van der Waals surface area contributed by atoms with Crippen LogP contribution in [0.5, 0.6) is 11.5 Å². The van der Waals surface area contributed by atoms with E-state index < -0.39 is 6.04 Å². The number of carbonyl (C=O) groups is 1. The van der Waals surface area contributed by atoms with Gasteiger partial charge < -0.3 is 15.2 Å². The fourth-order valence-electron chi connectivity index (χ4n) is 3.82. The van der Waals surface area contributed by atoms with Crippen molar-refractivity contribution in [2.75, 3.05) is 13.7 Å². The highest BCUT2D eigenvalue weighted by Gasteiger charge is 2.37. The Hall–Kier alpha value is -3.11. The maximum absolute atomic E-state index is 13.3. The van der Waals surface area contributed by atoms with Crippen LogP contribution in [0.15, 0.2) is 52.0 Å². The molecule has 2 N–H and O–H groups in total. The van der Waals surface area contributed by atoms with Gasteiger partial charge in [0.05, 0.1) is 19.7 Å². The van der Waals surface area contributed by atoms with E-state index in [4.69, 9.17) is 9.37 Å². The molecule has 1 amide bonds. The van der Waals surface area contributed by atoms with Crippen molar-refractivity contribution in [3.05, 3.63) is 65.2 Å². The van der Waals surface area contributed by atoms with Crippen molar-refractivity contribution in [1.82, 2.24) is 20.5 Å². The van der Waals surface area contributed by atoms with Gasteiger partial charge in [-0.1, -0.05) is 16.4 Å². The molecule has 0 bridgehead atoms. The van der Waals surface area contributed by atoms with E-state index in [2.05, 4.69) is 15.6 Å². The quantitative estimate of drug-likeness (QED) is 0.515.